The van der Waals surface area contributed by atoms with Crippen molar-refractivity contribution in [3.63, 3.8) is 0 Å². The highest BCUT2D eigenvalue weighted by atomic mass is 79.9. The standard InChI is InChI=1S/C29H28BrN3O3S/c1-19(2)28(32-27(34)16-23-7-5-15-37-23)29(35)33-31-17-25-24-8-4-3-6-21(24)11-14-26(25)36-18-20-9-12-22(30)13-10-20/h3-15,17,19,28H,16,18H2,1-2H3,(H,32,34)(H,33,35)/b31-17+/t28-/m1/s1. The summed E-state index contributed by atoms with van der Waals surface area (Å²) in [6.45, 7) is 4.17. The van der Waals surface area contributed by atoms with Crippen molar-refractivity contribution in [2.45, 2.75) is 32.9 Å². The van der Waals surface area contributed by atoms with Crippen LogP contribution in [0.25, 0.3) is 10.8 Å². The molecule has 2 N–H and O–H groups in total. The van der Waals surface area contributed by atoms with Crippen LogP contribution in [0.1, 0.15) is 29.9 Å². The van der Waals surface area contributed by atoms with Gasteiger partial charge in [-0.1, -0.05) is 78.3 Å². The number of carbonyl (C=O) groups excluding carboxylic acids is 2. The molecule has 0 saturated heterocycles. The predicted octanol–water partition coefficient (Wildman–Crippen LogP) is 6.08. The van der Waals surface area contributed by atoms with E-state index in [1.54, 1.807) is 6.21 Å². The number of hydrazone groups is 1. The number of fused-ring (bicyclic) bond motifs is 1. The van der Waals surface area contributed by atoms with Gasteiger partial charge >= 0.3 is 0 Å². The summed E-state index contributed by atoms with van der Waals surface area (Å²) in [7, 11) is 0. The second kappa shape index (κ2) is 12.7. The lowest BCUT2D eigenvalue weighted by Gasteiger charge is -2.20. The lowest BCUT2D eigenvalue weighted by molar-refractivity contribution is -0.129. The van der Waals surface area contributed by atoms with Gasteiger partial charge in [-0.05, 0) is 51.9 Å². The third-order valence-electron chi connectivity index (χ3n) is 5.79. The van der Waals surface area contributed by atoms with Crippen LogP contribution in [-0.4, -0.2) is 24.1 Å². The van der Waals surface area contributed by atoms with Gasteiger partial charge in [-0.25, -0.2) is 5.43 Å². The molecule has 0 aliphatic carbocycles. The molecule has 0 saturated carbocycles. The van der Waals surface area contributed by atoms with Gasteiger partial charge in [0.1, 0.15) is 18.4 Å². The number of halogens is 1. The smallest absolute Gasteiger partial charge is 0.262 e. The fourth-order valence-electron chi connectivity index (χ4n) is 3.84. The molecule has 0 radical (unpaired) electrons. The summed E-state index contributed by atoms with van der Waals surface area (Å²) in [6, 6.07) is 22.9. The van der Waals surface area contributed by atoms with Gasteiger partial charge in [-0.2, -0.15) is 5.10 Å². The van der Waals surface area contributed by atoms with Crippen molar-refractivity contribution >= 4 is 56.1 Å². The van der Waals surface area contributed by atoms with Gasteiger partial charge in [-0.15, -0.1) is 11.3 Å². The number of hydrogen-bond donors (Lipinski definition) is 2. The molecule has 6 nitrogen and oxygen atoms in total. The maximum absolute atomic E-state index is 12.9. The molecule has 0 aliphatic heterocycles. The summed E-state index contributed by atoms with van der Waals surface area (Å²) in [5.74, 6) is -0.0181. The van der Waals surface area contributed by atoms with Gasteiger partial charge < -0.3 is 10.1 Å². The molecule has 0 fully saturated rings. The Bertz CT molecular complexity index is 1390. The Morgan fingerprint density at radius 1 is 1.03 bits per heavy atom. The molecule has 37 heavy (non-hydrogen) atoms. The van der Waals surface area contributed by atoms with E-state index in [9.17, 15) is 9.59 Å². The third kappa shape index (κ3) is 7.27. The molecule has 0 unspecified atom stereocenters. The average molecular weight is 579 g/mol. The van der Waals surface area contributed by atoms with Crippen LogP contribution in [0.5, 0.6) is 5.75 Å². The van der Waals surface area contributed by atoms with Crippen molar-refractivity contribution in [3.8, 4) is 5.75 Å². The molecule has 1 aromatic heterocycles. The fourth-order valence-corrected chi connectivity index (χ4v) is 4.80. The number of amides is 2. The maximum Gasteiger partial charge on any atom is 0.262 e. The Kier molecular flexibility index (Phi) is 9.09. The molecule has 4 aromatic rings. The number of hydrogen-bond acceptors (Lipinski definition) is 5. The van der Waals surface area contributed by atoms with Crippen LogP contribution in [0.3, 0.4) is 0 Å². The first-order chi connectivity index (χ1) is 17.9. The number of benzene rings is 3. The van der Waals surface area contributed by atoms with Gasteiger partial charge in [0.25, 0.3) is 5.91 Å². The lowest BCUT2D eigenvalue weighted by Crippen LogP contribution is -2.49. The predicted molar refractivity (Wildman–Crippen MR) is 153 cm³/mol. The summed E-state index contributed by atoms with van der Waals surface area (Å²) < 4.78 is 7.15. The van der Waals surface area contributed by atoms with E-state index in [0.717, 1.165) is 31.2 Å². The Labute approximate surface area is 228 Å². The molecule has 190 valence electrons. The van der Waals surface area contributed by atoms with Crippen LogP contribution in [-0.2, 0) is 22.6 Å². The summed E-state index contributed by atoms with van der Waals surface area (Å²) in [5, 5.41) is 11.0. The highest BCUT2D eigenvalue weighted by molar-refractivity contribution is 9.10. The first kappa shape index (κ1) is 26.6. The van der Waals surface area contributed by atoms with E-state index in [1.807, 2.05) is 92.0 Å². The second-order valence-electron chi connectivity index (χ2n) is 8.89. The number of rotatable bonds is 10. The van der Waals surface area contributed by atoms with Crippen LogP contribution >= 0.6 is 27.3 Å². The summed E-state index contributed by atoms with van der Waals surface area (Å²) in [4.78, 5) is 26.4. The minimum atomic E-state index is -0.703. The van der Waals surface area contributed by atoms with E-state index in [2.05, 4.69) is 31.8 Å². The Hall–Kier alpha value is -3.49. The SMILES string of the molecule is CC(C)[C@@H](NC(=O)Cc1cccs1)C(=O)N/N=C/c1c(OCc2ccc(Br)cc2)ccc2ccccc12. The topological polar surface area (TPSA) is 79.8 Å². The van der Waals surface area contributed by atoms with E-state index >= 15 is 0 Å². The van der Waals surface area contributed by atoms with Crippen molar-refractivity contribution in [1.82, 2.24) is 10.7 Å². The highest BCUT2D eigenvalue weighted by Gasteiger charge is 2.24. The van der Waals surface area contributed by atoms with Crippen molar-refractivity contribution in [1.29, 1.82) is 0 Å². The minimum Gasteiger partial charge on any atom is -0.488 e. The minimum absolute atomic E-state index is 0.107. The van der Waals surface area contributed by atoms with E-state index in [1.165, 1.54) is 11.3 Å². The van der Waals surface area contributed by atoms with Crippen molar-refractivity contribution < 1.29 is 14.3 Å². The summed E-state index contributed by atoms with van der Waals surface area (Å²) in [6.07, 6.45) is 1.84. The highest BCUT2D eigenvalue weighted by Crippen LogP contribution is 2.27. The number of nitrogens with zero attached hydrogens (tertiary/aromatic N) is 1. The van der Waals surface area contributed by atoms with Gasteiger partial charge in [0, 0.05) is 14.9 Å². The largest absolute Gasteiger partial charge is 0.488 e. The number of carbonyl (C=O) groups is 2. The van der Waals surface area contributed by atoms with E-state index in [0.29, 0.717) is 12.4 Å². The molecular formula is C29H28BrN3O3S. The molecule has 0 aliphatic rings. The Morgan fingerprint density at radius 2 is 1.81 bits per heavy atom. The van der Waals surface area contributed by atoms with Crippen molar-refractivity contribution in [2.24, 2.45) is 11.0 Å². The zero-order valence-electron chi connectivity index (χ0n) is 20.6. The number of nitrogens with one attached hydrogen (secondary N) is 2. The fraction of sp³-hybridized carbons (Fsp3) is 0.207. The normalized spacial score (nSPS) is 12.1. The zero-order chi connectivity index (χ0) is 26.2. The van der Waals surface area contributed by atoms with E-state index < -0.39 is 6.04 Å². The van der Waals surface area contributed by atoms with Gasteiger partial charge in [0.15, 0.2) is 0 Å². The van der Waals surface area contributed by atoms with Crippen LogP contribution in [0, 0.1) is 5.92 Å². The third-order valence-corrected chi connectivity index (χ3v) is 7.19. The lowest BCUT2D eigenvalue weighted by atomic mass is 10.0. The first-order valence-electron chi connectivity index (χ1n) is 11.9. The summed E-state index contributed by atoms with van der Waals surface area (Å²) >= 11 is 4.96. The quantitative estimate of drug-likeness (QED) is 0.177. The molecule has 4 rings (SSSR count). The van der Waals surface area contributed by atoms with Crippen molar-refractivity contribution in [2.75, 3.05) is 0 Å². The Morgan fingerprint density at radius 3 is 2.54 bits per heavy atom. The number of thiophene rings is 1. The summed E-state index contributed by atoms with van der Waals surface area (Å²) in [5.41, 5.74) is 4.40. The van der Waals surface area contributed by atoms with Gasteiger partial charge in [0.05, 0.1) is 12.6 Å². The van der Waals surface area contributed by atoms with Crippen LogP contribution in [0.4, 0.5) is 0 Å². The molecule has 3 aromatic carbocycles. The molecular weight excluding hydrogens is 550 g/mol. The maximum atomic E-state index is 12.9. The van der Waals surface area contributed by atoms with Crippen LogP contribution in [0.15, 0.2) is 87.8 Å². The molecule has 1 heterocycles. The van der Waals surface area contributed by atoms with Gasteiger partial charge in [-0.3, -0.25) is 9.59 Å². The molecule has 8 heteroatoms. The average Bonchev–Trinajstić information content (AvgIpc) is 3.40. The van der Waals surface area contributed by atoms with Gasteiger partial charge in [0.2, 0.25) is 5.91 Å². The first-order valence-corrected chi connectivity index (χ1v) is 13.6. The molecule has 0 spiro atoms. The number of ether oxygens (including phenoxy) is 1. The van der Waals surface area contributed by atoms with Crippen LogP contribution < -0.4 is 15.5 Å². The van der Waals surface area contributed by atoms with Crippen LogP contribution in [0.2, 0.25) is 0 Å². The van der Waals surface area contributed by atoms with E-state index in [4.69, 9.17) is 4.74 Å². The molecule has 0 bridgehead atoms. The zero-order valence-corrected chi connectivity index (χ0v) is 23.0. The van der Waals surface area contributed by atoms with Crippen molar-refractivity contribution in [3.05, 3.63) is 98.7 Å². The molecule has 2 amide bonds. The van der Waals surface area contributed by atoms with E-state index in [-0.39, 0.29) is 24.2 Å². The Balaban J connectivity index is 1.48. The molecule has 1 atom stereocenters. The second-order valence-corrected chi connectivity index (χ2v) is 10.8. The monoisotopic (exact) mass is 577 g/mol.